The lowest BCUT2D eigenvalue weighted by Gasteiger charge is -2.21. The van der Waals surface area contributed by atoms with Crippen molar-refractivity contribution in [3.63, 3.8) is 0 Å². The van der Waals surface area contributed by atoms with E-state index in [2.05, 4.69) is 0 Å². The zero-order valence-electron chi connectivity index (χ0n) is 12.3. The van der Waals surface area contributed by atoms with Crippen LogP contribution in [0.5, 0.6) is 0 Å². The molecule has 0 bridgehead atoms. The molecule has 112 valence electrons. The van der Waals surface area contributed by atoms with Crippen molar-refractivity contribution >= 4 is 5.91 Å². The molecule has 0 saturated heterocycles. The summed E-state index contributed by atoms with van der Waals surface area (Å²) in [6, 6.07) is 6.42. The van der Waals surface area contributed by atoms with Crippen LogP contribution in [0.2, 0.25) is 0 Å². The van der Waals surface area contributed by atoms with Crippen molar-refractivity contribution in [2.24, 2.45) is 5.73 Å². The van der Waals surface area contributed by atoms with E-state index in [4.69, 9.17) is 5.73 Å². The highest BCUT2D eigenvalue weighted by atomic mass is 19.1. The number of benzene rings is 1. The molecule has 0 atom stereocenters. The molecule has 4 heteroatoms. The van der Waals surface area contributed by atoms with E-state index in [1.807, 2.05) is 13.0 Å². The summed E-state index contributed by atoms with van der Waals surface area (Å²) in [5.74, 6) is -0.114. The molecule has 20 heavy (non-hydrogen) atoms. The van der Waals surface area contributed by atoms with E-state index in [9.17, 15) is 9.18 Å². The molecule has 0 saturated carbocycles. The molecule has 2 N–H and O–H groups in total. The van der Waals surface area contributed by atoms with Crippen LogP contribution in [-0.4, -0.2) is 23.9 Å². The molecule has 0 spiro atoms. The van der Waals surface area contributed by atoms with Crippen LogP contribution in [0.3, 0.4) is 0 Å². The smallest absolute Gasteiger partial charge is 0.222 e. The first kappa shape index (κ1) is 16.6. The maximum atomic E-state index is 13.1. The number of rotatable bonds is 9. The number of halogens is 1. The second kappa shape index (κ2) is 9.48. The highest BCUT2D eigenvalue weighted by molar-refractivity contribution is 5.76. The third-order valence-electron chi connectivity index (χ3n) is 3.34. The lowest BCUT2D eigenvalue weighted by atomic mass is 10.1. The number of carbonyl (C=O) groups is 1. The van der Waals surface area contributed by atoms with Gasteiger partial charge in [0.15, 0.2) is 0 Å². The normalized spacial score (nSPS) is 10.6. The molecule has 1 aromatic carbocycles. The monoisotopic (exact) mass is 280 g/mol. The van der Waals surface area contributed by atoms with E-state index in [0.717, 1.165) is 31.2 Å². The van der Waals surface area contributed by atoms with E-state index in [1.54, 1.807) is 11.0 Å². The maximum absolute atomic E-state index is 13.1. The fraction of sp³-hybridized carbons (Fsp3) is 0.562. The van der Waals surface area contributed by atoms with Gasteiger partial charge < -0.3 is 10.6 Å². The van der Waals surface area contributed by atoms with Crippen molar-refractivity contribution in [3.8, 4) is 0 Å². The largest absolute Gasteiger partial charge is 0.339 e. The van der Waals surface area contributed by atoms with Crippen molar-refractivity contribution in [3.05, 3.63) is 35.6 Å². The molecule has 1 amide bonds. The van der Waals surface area contributed by atoms with Gasteiger partial charge in [0.25, 0.3) is 0 Å². The first-order valence-corrected chi connectivity index (χ1v) is 7.39. The highest BCUT2D eigenvalue weighted by Gasteiger charge is 2.11. The second-order valence-electron chi connectivity index (χ2n) is 4.99. The predicted molar refractivity (Wildman–Crippen MR) is 79.6 cm³/mol. The van der Waals surface area contributed by atoms with Crippen LogP contribution in [0.4, 0.5) is 4.39 Å². The minimum absolute atomic E-state index is 0.143. The minimum atomic E-state index is -0.257. The van der Waals surface area contributed by atoms with Crippen LogP contribution < -0.4 is 5.73 Å². The lowest BCUT2D eigenvalue weighted by molar-refractivity contribution is -0.131. The van der Waals surface area contributed by atoms with Gasteiger partial charge in [0.2, 0.25) is 5.91 Å². The third kappa shape index (κ3) is 6.15. The van der Waals surface area contributed by atoms with Gasteiger partial charge in [-0.1, -0.05) is 25.0 Å². The number of amides is 1. The van der Waals surface area contributed by atoms with Crippen LogP contribution >= 0.6 is 0 Å². The Kier molecular flexibility index (Phi) is 7.88. The Morgan fingerprint density at radius 1 is 1.25 bits per heavy atom. The minimum Gasteiger partial charge on any atom is -0.339 e. The summed E-state index contributed by atoms with van der Waals surface area (Å²) in [5.41, 5.74) is 6.27. The molecule has 0 unspecified atom stereocenters. The van der Waals surface area contributed by atoms with E-state index in [1.165, 1.54) is 12.1 Å². The molecule has 0 heterocycles. The molecule has 0 aliphatic rings. The lowest BCUT2D eigenvalue weighted by Crippen LogP contribution is -2.30. The van der Waals surface area contributed by atoms with Gasteiger partial charge in [-0.05, 0) is 44.0 Å². The van der Waals surface area contributed by atoms with Gasteiger partial charge in [-0.15, -0.1) is 0 Å². The third-order valence-corrected chi connectivity index (χ3v) is 3.34. The zero-order valence-corrected chi connectivity index (χ0v) is 12.3. The molecule has 1 rings (SSSR count). The molecule has 1 aromatic rings. The first-order chi connectivity index (χ1) is 9.67. The number of nitrogens with zero attached hydrogens (tertiary/aromatic N) is 1. The van der Waals surface area contributed by atoms with Crippen LogP contribution in [0.15, 0.2) is 24.3 Å². The Balaban J connectivity index is 2.39. The van der Waals surface area contributed by atoms with E-state index in [-0.39, 0.29) is 11.7 Å². The summed E-state index contributed by atoms with van der Waals surface area (Å²) in [5, 5.41) is 0. The Morgan fingerprint density at radius 2 is 2.00 bits per heavy atom. The fourth-order valence-corrected chi connectivity index (χ4v) is 2.16. The summed E-state index contributed by atoms with van der Waals surface area (Å²) < 4.78 is 13.1. The average molecular weight is 280 g/mol. The van der Waals surface area contributed by atoms with Gasteiger partial charge in [-0.25, -0.2) is 4.39 Å². The molecule has 0 aliphatic carbocycles. The maximum Gasteiger partial charge on any atom is 0.222 e. The summed E-state index contributed by atoms with van der Waals surface area (Å²) >= 11 is 0. The quantitative estimate of drug-likeness (QED) is 0.707. The van der Waals surface area contributed by atoms with Gasteiger partial charge in [0.1, 0.15) is 5.82 Å². The molecule has 0 aliphatic heterocycles. The van der Waals surface area contributed by atoms with Crippen LogP contribution in [0.1, 0.15) is 44.6 Å². The number of unbranched alkanes of at least 4 members (excludes halogenated alkanes) is 3. The Morgan fingerprint density at radius 3 is 2.65 bits per heavy atom. The van der Waals surface area contributed by atoms with Gasteiger partial charge in [-0.3, -0.25) is 4.79 Å². The standard InChI is InChI=1S/C16H25FN2O/c1-2-19(13-14-8-7-9-15(17)12-14)16(20)10-5-3-4-6-11-18/h7-9,12H,2-6,10-11,13,18H2,1H3. The highest BCUT2D eigenvalue weighted by Crippen LogP contribution is 2.10. The topological polar surface area (TPSA) is 46.3 Å². The number of carbonyl (C=O) groups excluding carboxylic acids is 1. The van der Waals surface area contributed by atoms with Crippen LogP contribution in [0, 0.1) is 5.82 Å². The van der Waals surface area contributed by atoms with Gasteiger partial charge >= 0.3 is 0 Å². The van der Waals surface area contributed by atoms with Gasteiger partial charge in [0.05, 0.1) is 0 Å². The summed E-state index contributed by atoms with van der Waals surface area (Å²) in [6.45, 7) is 3.80. The fourth-order valence-electron chi connectivity index (χ4n) is 2.16. The number of nitrogens with two attached hydrogens (primary N) is 1. The van der Waals surface area contributed by atoms with Crippen LogP contribution in [0.25, 0.3) is 0 Å². The summed E-state index contributed by atoms with van der Waals surface area (Å²) in [6.07, 6.45) is 4.61. The van der Waals surface area contributed by atoms with Gasteiger partial charge in [0, 0.05) is 19.5 Å². The SMILES string of the molecule is CCN(Cc1cccc(F)c1)C(=O)CCCCCCN. The first-order valence-electron chi connectivity index (χ1n) is 7.39. The average Bonchev–Trinajstić information content (AvgIpc) is 2.44. The number of hydrogen-bond acceptors (Lipinski definition) is 2. The van der Waals surface area contributed by atoms with Crippen molar-refractivity contribution in [2.75, 3.05) is 13.1 Å². The summed E-state index contributed by atoms with van der Waals surface area (Å²) in [4.78, 5) is 13.9. The Labute approximate surface area is 121 Å². The Bertz CT molecular complexity index is 409. The molecule has 0 fully saturated rings. The number of hydrogen-bond donors (Lipinski definition) is 1. The van der Waals surface area contributed by atoms with E-state index >= 15 is 0 Å². The molecular weight excluding hydrogens is 255 g/mol. The summed E-state index contributed by atoms with van der Waals surface area (Å²) in [7, 11) is 0. The van der Waals surface area contributed by atoms with Crippen molar-refractivity contribution in [2.45, 2.75) is 45.6 Å². The Hall–Kier alpha value is -1.42. The predicted octanol–water partition coefficient (Wildman–Crippen LogP) is 3.08. The van der Waals surface area contributed by atoms with Crippen LogP contribution in [-0.2, 0) is 11.3 Å². The van der Waals surface area contributed by atoms with E-state index in [0.29, 0.717) is 26.1 Å². The van der Waals surface area contributed by atoms with Gasteiger partial charge in [-0.2, -0.15) is 0 Å². The second-order valence-corrected chi connectivity index (χ2v) is 4.99. The molecule has 3 nitrogen and oxygen atoms in total. The van der Waals surface area contributed by atoms with Crippen molar-refractivity contribution in [1.82, 2.24) is 4.90 Å². The molecule has 0 aromatic heterocycles. The van der Waals surface area contributed by atoms with Crippen molar-refractivity contribution < 1.29 is 9.18 Å². The van der Waals surface area contributed by atoms with Crippen molar-refractivity contribution in [1.29, 1.82) is 0 Å². The molecular formula is C16H25FN2O. The molecule has 0 radical (unpaired) electrons. The van der Waals surface area contributed by atoms with E-state index < -0.39 is 0 Å². The zero-order chi connectivity index (χ0) is 14.8.